The van der Waals surface area contributed by atoms with E-state index in [0.717, 1.165) is 30.4 Å². The molecule has 2 aromatic heterocycles. The number of amides is 1. The van der Waals surface area contributed by atoms with Crippen molar-refractivity contribution < 1.29 is 9.18 Å². The molecule has 1 amide bonds. The van der Waals surface area contributed by atoms with E-state index in [1.165, 1.54) is 28.6 Å². The molecule has 0 radical (unpaired) electrons. The number of fused-ring (bicyclic) bond motifs is 1. The third-order valence-electron chi connectivity index (χ3n) is 5.26. The summed E-state index contributed by atoms with van der Waals surface area (Å²) in [6, 6.07) is 5.97. The van der Waals surface area contributed by atoms with E-state index in [4.69, 9.17) is 5.73 Å². The zero-order valence-corrected chi connectivity index (χ0v) is 18.7. The molecule has 3 aromatic rings. The number of rotatable bonds is 3. The SMILES string of the molecule is CN(C)C=O.Cn1c(=O)c2c(nc(N3CCCC(N)C3)n2-c2cccc(F)c2)n(C)c1=O. The zero-order chi connectivity index (χ0) is 23.6. The van der Waals surface area contributed by atoms with Gasteiger partial charge in [0.1, 0.15) is 5.82 Å². The number of hydrogen-bond donors (Lipinski definition) is 1. The monoisotopic (exact) mass is 445 g/mol. The number of nitrogens with two attached hydrogens (primary N) is 1. The van der Waals surface area contributed by atoms with E-state index < -0.39 is 17.1 Å². The van der Waals surface area contributed by atoms with Gasteiger partial charge in [-0.15, -0.1) is 0 Å². The van der Waals surface area contributed by atoms with E-state index in [-0.39, 0.29) is 17.2 Å². The number of carbonyl (C=O) groups excluding carboxylic acids is 1. The van der Waals surface area contributed by atoms with Crippen LogP contribution in [0.15, 0.2) is 33.9 Å². The highest BCUT2D eigenvalue weighted by atomic mass is 19.1. The third kappa shape index (κ3) is 4.42. The Morgan fingerprint density at radius 1 is 1.22 bits per heavy atom. The highest BCUT2D eigenvalue weighted by Crippen LogP contribution is 2.27. The molecule has 3 heterocycles. The molecule has 10 nitrogen and oxygen atoms in total. The summed E-state index contributed by atoms with van der Waals surface area (Å²) >= 11 is 0. The summed E-state index contributed by atoms with van der Waals surface area (Å²) in [5.41, 5.74) is 6.16. The van der Waals surface area contributed by atoms with Gasteiger partial charge in [0, 0.05) is 47.3 Å². The van der Waals surface area contributed by atoms with Gasteiger partial charge in [-0.25, -0.2) is 9.18 Å². The second-order valence-electron chi connectivity index (χ2n) is 8.02. The number of halogens is 1. The summed E-state index contributed by atoms with van der Waals surface area (Å²) in [6.45, 7) is 1.30. The Morgan fingerprint density at radius 2 is 1.91 bits per heavy atom. The van der Waals surface area contributed by atoms with Gasteiger partial charge >= 0.3 is 5.69 Å². The van der Waals surface area contributed by atoms with E-state index in [1.54, 1.807) is 37.8 Å². The normalized spacial score (nSPS) is 15.9. The molecule has 0 spiro atoms. The molecule has 32 heavy (non-hydrogen) atoms. The summed E-state index contributed by atoms with van der Waals surface area (Å²) in [4.78, 5) is 42.7. The van der Waals surface area contributed by atoms with Gasteiger partial charge in [-0.2, -0.15) is 4.98 Å². The average molecular weight is 445 g/mol. The Kier molecular flexibility index (Phi) is 6.78. The number of aromatic nitrogens is 4. The number of imidazole rings is 1. The molecule has 1 aliphatic heterocycles. The molecule has 1 atom stereocenters. The van der Waals surface area contributed by atoms with Gasteiger partial charge in [0.25, 0.3) is 5.56 Å². The van der Waals surface area contributed by atoms with Crippen LogP contribution in [0.1, 0.15) is 12.8 Å². The van der Waals surface area contributed by atoms with Crippen molar-refractivity contribution >= 4 is 23.5 Å². The molecule has 0 saturated carbocycles. The van der Waals surface area contributed by atoms with Crippen molar-refractivity contribution in [2.75, 3.05) is 32.1 Å². The van der Waals surface area contributed by atoms with Crippen LogP contribution in [0.2, 0.25) is 0 Å². The first kappa shape index (κ1) is 23.2. The minimum absolute atomic E-state index is 0.00817. The Hall–Kier alpha value is -3.47. The first-order valence-electron chi connectivity index (χ1n) is 10.2. The Morgan fingerprint density at radius 3 is 2.50 bits per heavy atom. The van der Waals surface area contributed by atoms with E-state index in [9.17, 15) is 18.8 Å². The molecular weight excluding hydrogens is 417 g/mol. The molecular formula is C21H28FN7O3. The molecule has 1 aliphatic rings. The quantitative estimate of drug-likeness (QED) is 0.577. The fraction of sp³-hybridized carbons (Fsp3) is 0.429. The third-order valence-corrected chi connectivity index (χ3v) is 5.26. The number of anilines is 1. The molecule has 172 valence electrons. The summed E-state index contributed by atoms with van der Waals surface area (Å²) in [6.07, 6.45) is 2.56. The van der Waals surface area contributed by atoms with Crippen LogP contribution in [0.4, 0.5) is 10.3 Å². The lowest BCUT2D eigenvalue weighted by molar-refractivity contribution is -0.115. The van der Waals surface area contributed by atoms with Crippen molar-refractivity contribution in [3.63, 3.8) is 0 Å². The van der Waals surface area contributed by atoms with Crippen LogP contribution in [-0.4, -0.2) is 63.2 Å². The largest absolute Gasteiger partial charge is 0.351 e. The van der Waals surface area contributed by atoms with E-state index >= 15 is 0 Å². The van der Waals surface area contributed by atoms with Crippen molar-refractivity contribution in [2.45, 2.75) is 18.9 Å². The maximum absolute atomic E-state index is 13.9. The van der Waals surface area contributed by atoms with Gasteiger partial charge in [0.2, 0.25) is 12.4 Å². The highest BCUT2D eigenvalue weighted by Gasteiger charge is 2.26. The van der Waals surface area contributed by atoms with Gasteiger partial charge in [0.15, 0.2) is 11.2 Å². The fourth-order valence-electron chi connectivity index (χ4n) is 3.65. The van der Waals surface area contributed by atoms with Crippen LogP contribution in [0.25, 0.3) is 16.9 Å². The Bertz CT molecular complexity index is 1240. The second kappa shape index (κ2) is 9.35. The molecule has 0 aliphatic carbocycles. The number of hydrogen-bond acceptors (Lipinski definition) is 6. The van der Waals surface area contributed by atoms with Crippen LogP contribution >= 0.6 is 0 Å². The van der Waals surface area contributed by atoms with Gasteiger partial charge in [-0.1, -0.05) is 6.07 Å². The van der Waals surface area contributed by atoms with Crippen molar-refractivity contribution in [3.8, 4) is 5.69 Å². The molecule has 1 fully saturated rings. The summed E-state index contributed by atoms with van der Waals surface area (Å²) in [5.74, 6) is 0.0707. The van der Waals surface area contributed by atoms with Crippen LogP contribution in [-0.2, 0) is 18.9 Å². The number of aryl methyl sites for hydroxylation is 1. The summed E-state index contributed by atoms with van der Waals surface area (Å²) < 4.78 is 17.9. The van der Waals surface area contributed by atoms with Gasteiger partial charge in [0.05, 0.1) is 5.69 Å². The first-order chi connectivity index (χ1) is 15.1. The van der Waals surface area contributed by atoms with E-state index in [1.807, 2.05) is 4.90 Å². The lowest BCUT2D eigenvalue weighted by Crippen LogP contribution is -2.44. The molecule has 1 unspecified atom stereocenters. The number of carbonyl (C=O) groups is 1. The smallest absolute Gasteiger partial charge is 0.332 e. The predicted octanol–water partition coefficient (Wildman–Crippen LogP) is 0.194. The minimum Gasteiger partial charge on any atom is -0.351 e. The standard InChI is InChI=1S/C18H21FN6O2.C3H7NO/c1-22-15-14(16(26)23(2)18(22)27)25(13-7-3-5-11(19)9-13)17(21-15)24-8-4-6-12(20)10-24;1-4(2)3-5/h3,5,7,9,12H,4,6,8,10,20H2,1-2H3;3H,1-2H3. The average Bonchev–Trinajstić information content (AvgIpc) is 3.17. The molecule has 1 saturated heterocycles. The predicted molar refractivity (Wildman–Crippen MR) is 121 cm³/mol. The maximum atomic E-state index is 13.9. The molecule has 2 N–H and O–H groups in total. The van der Waals surface area contributed by atoms with Crippen LogP contribution in [0.5, 0.6) is 0 Å². The maximum Gasteiger partial charge on any atom is 0.332 e. The Labute approximate surface area is 184 Å². The molecule has 11 heteroatoms. The van der Waals surface area contributed by atoms with Crippen molar-refractivity contribution in [1.82, 2.24) is 23.6 Å². The number of piperidine rings is 1. The van der Waals surface area contributed by atoms with Crippen molar-refractivity contribution in [3.05, 3.63) is 50.9 Å². The fourth-order valence-corrected chi connectivity index (χ4v) is 3.65. The lowest BCUT2D eigenvalue weighted by atomic mass is 10.1. The second-order valence-corrected chi connectivity index (χ2v) is 8.02. The molecule has 1 aromatic carbocycles. The summed E-state index contributed by atoms with van der Waals surface area (Å²) in [7, 11) is 6.36. The van der Waals surface area contributed by atoms with E-state index in [0.29, 0.717) is 18.2 Å². The number of benzene rings is 1. The first-order valence-corrected chi connectivity index (χ1v) is 10.2. The molecule has 4 rings (SSSR count). The van der Waals surface area contributed by atoms with E-state index in [2.05, 4.69) is 4.98 Å². The van der Waals surface area contributed by atoms with Crippen LogP contribution < -0.4 is 21.9 Å². The topological polar surface area (TPSA) is 111 Å². The summed E-state index contributed by atoms with van der Waals surface area (Å²) in [5, 5.41) is 0. The van der Waals surface area contributed by atoms with Crippen molar-refractivity contribution in [1.29, 1.82) is 0 Å². The van der Waals surface area contributed by atoms with Crippen molar-refractivity contribution in [2.24, 2.45) is 19.8 Å². The van der Waals surface area contributed by atoms with Crippen LogP contribution in [0, 0.1) is 5.82 Å². The van der Waals surface area contributed by atoms with Gasteiger partial charge < -0.3 is 15.5 Å². The lowest BCUT2D eigenvalue weighted by Gasteiger charge is -2.31. The van der Waals surface area contributed by atoms with Crippen LogP contribution in [0.3, 0.4) is 0 Å². The minimum atomic E-state index is -0.475. The van der Waals surface area contributed by atoms with Gasteiger partial charge in [-0.05, 0) is 31.0 Å². The highest BCUT2D eigenvalue weighted by molar-refractivity contribution is 5.77. The number of nitrogens with zero attached hydrogens (tertiary/aromatic N) is 6. The van der Waals surface area contributed by atoms with Gasteiger partial charge in [-0.3, -0.25) is 23.3 Å². The Balaban J connectivity index is 0.000000523. The molecule has 0 bridgehead atoms. The zero-order valence-electron chi connectivity index (χ0n) is 18.7.